The van der Waals surface area contributed by atoms with Gasteiger partial charge in [0.25, 0.3) is 0 Å². The molecule has 1 aliphatic rings. The average Bonchev–Trinajstić information content (AvgIpc) is 3.38. The van der Waals surface area contributed by atoms with Crippen LogP contribution < -0.4 is 5.32 Å². The monoisotopic (exact) mass is 462 g/mol. The van der Waals surface area contributed by atoms with Gasteiger partial charge in [-0.1, -0.05) is 46.7 Å². The molecule has 1 unspecified atom stereocenters. The summed E-state index contributed by atoms with van der Waals surface area (Å²) < 4.78 is 27.3. The molecule has 1 fully saturated rings. The van der Waals surface area contributed by atoms with E-state index in [0.29, 0.717) is 28.0 Å². The van der Waals surface area contributed by atoms with E-state index in [1.165, 1.54) is 39.9 Å². The van der Waals surface area contributed by atoms with Crippen molar-refractivity contribution in [1.29, 1.82) is 0 Å². The molecular formula is C20H19ClN4O3S2. The Morgan fingerprint density at radius 1 is 1.20 bits per heavy atom. The van der Waals surface area contributed by atoms with Gasteiger partial charge in [0.1, 0.15) is 11.0 Å². The van der Waals surface area contributed by atoms with E-state index in [2.05, 4.69) is 15.5 Å². The third kappa shape index (κ3) is 4.24. The van der Waals surface area contributed by atoms with Crippen molar-refractivity contribution in [2.75, 3.05) is 11.9 Å². The van der Waals surface area contributed by atoms with Crippen molar-refractivity contribution in [2.45, 2.75) is 30.7 Å². The molecule has 4 rings (SSSR count). The van der Waals surface area contributed by atoms with Crippen molar-refractivity contribution < 1.29 is 13.2 Å². The number of halogens is 1. The number of aromatic nitrogens is 2. The van der Waals surface area contributed by atoms with E-state index in [1.807, 2.05) is 31.2 Å². The lowest BCUT2D eigenvalue weighted by Gasteiger charge is -2.23. The molecule has 1 atom stereocenters. The number of nitrogens with one attached hydrogen (secondary N) is 1. The number of amides is 1. The second-order valence-corrected chi connectivity index (χ2v) is 10.3. The van der Waals surface area contributed by atoms with E-state index in [4.69, 9.17) is 11.6 Å². The van der Waals surface area contributed by atoms with Crippen LogP contribution in [-0.4, -0.2) is 41.4 Å². The number of rotatable bonds is 5. The molecule has 1 saturated heterocycles. The molecule has 2 aromatic carbocycles. The molecule has 3 aromatic rings. The Bertz CT molecular complexity index is 1180. The third-order valence-electron chi connectivity index (χ3n) is 4.85. The molecule has 1 aliphatic heterocycles. The second kappa shape index (κ2) is 8.43. The quantitative estimate of drug-likeness (QED) is 0.619. The molecule has 2 heterocycles. The van der Waals surface area contributed by atoms with Crippen LogP contribution in [0.25, 0.3) is 10.6 Å². The summed E-state index contributed by atoms with van der Waals surface area (Å²) in [5.74, 6) is -0.406. The highest BCUT2D eigenvalue weighted by Crippen LogP contribution is 2.30. The van der Waals surface area contributed by atoms with Gasteiger partial charge in [-0.3, -0.25) is 10.1 Å². The number of hydrogen-bond donors (Lipinski definition) is 1. The highest BCUT2D eigenvalue weighted by molar-refractivity contribution is 7.89. The maximum absolute atomic E-state index is 13.0. The summed E-state index contributed by atoms with van der Waals surface area (Å²) >= 11 is 7.11. The van der Waals surface area contributed by atoms with Gasteiger partial charge in [0.2, 0.25) is 21.1 Å². The summed E-state index contributed by atoms with van der Waals surface area (Å²) in [5.41, 5.74) is 2.02. The van der Waals surface area contributed by atoms with E-state index < -0.39 is 22.0 Å². The minimum Gasteiger partial charge on any atom is -0.299 e. The van der Waals surface area contributed by atoms with Crippen molar-refractivity contribution in [3.05, 3.63) is 59.1 Å². The van der Waals surface area contributed by atoms with Gasteiger partial charge < -0.3 is 0 Å². The number of anilines is 1. The van der Waals surface area contributed by atoms with Crippen LogP contribution >= 0.6 is 22.9 Å². The first-order chi connectivity index (χ1) is 14.3. The van der Waals surface area contributed by atoms with Crippen LogP contribution in [-0.2, 0) is 14.8 Å². The molecule has 1 N–H and O–H groups in total. The van der Waals surface area contributed by atoms with Crippen molar-refractivity contribution in [3.63, 3.8) is 0 Å². The van der Waals surface area contributed by atoms with Gasteiger partial charge in [-0.2, -0.15) is 4.31 Å². The Balaban J connectivity index is 1.51. The van der Waals surface area contributed by atoms with Crippen LogP contribution in [0.5, 0.6) is 0 Å². The smallest absolute Gasteiger partial charge is 0.244 e. The van der Waals surface area contributed by atoms with Crippen LogP contribution in [0.1, 0.15) is 18.4 Å². The molecular weight excluding hydrogens is 444 g/mol. The van der Waals surface area contributed by atoms with Crippen LogP contribution in [0.15, 0.2) is 53.4 Å². The van der Waals surface area contributed by atoms with E-state index in [-0.39, 0.29) is 11.4 Å². The Morgan fingerprint density at radius 3 is 2.70 bits per heavy atom. The zero-order valence-corrected chi connectivity index (χ0v) is 18.5. The minimum atomic E-state index is -3.80. The van der Waals surface area contributed by atoms with Gasteiger partial charge in [-0.05, 0) is 50.1 Å². The number of benzene rings is 2. The largest absolute Gasteiger partial charge is 0.299 e. The molecule has 0 spiro atoms. The standard InChI is InChI=1S/C20H19ClN4O3S2/c1-13-4-2-5-14(12-13)19-23-24-20(29-19)22-18(26)17-6-3-11-25(17)30(27,28)16-9-7-15(21)8-10-16/h2,4-5,7-10,12,17H,3,6,11H2,1H3,(H,22,24,26). The summed E-state index contributed by atoms with van der Waals surface area (Å²) in [6.07, 6.45) is 1.05. The predicted octanol–water partition coefficient (Wildman–Crippen LogP) is 3.96. The maximum atomic E-state index is 13.0. The van der Waals surface area contributed by atoms with Crippen molar-refractivity contribution in [1.82, 2.24) is 14.5 Å². The van der Waals surface area contributed by atoms with Crippen LogP contribution in [0, 0.1) is 6.92 Å². The SMILES string of the molecule is Cc1cccc(-c2nnc(NC(=O)C3CCCN3S(=O)(=O)c3ccc(Cl)cc3)s2)c1. The lowest BCUT2D eigenvalue weighted by atomic mass is 10.1. The number of sulfonamides is 1. The highest BCUT2D eigenvalue weighted by atomic mass is 35.5. The fraction of sp³-hybridized carbons (Fsp3) is 0.250. The summed E-state index contributed by atoms with van der Waals surface area (Å²) in [7, 11) is -3.80. The zero-order valence-electron chi connectivity index (χ0n) is 16.1. The summed E-state index contributed by atoms with van der Waals surface area (Å²) in [5, 5.41) is 12.4. The van der Waals surface area contributed by atoms with Crippen LogP contribution in [0.3, 0.4) is 0 Å². The lowest BCUT2D eigenvalue weighted by molar-refractivity contribution is -0.119. The Morgan fingerprint density at radius 2 is 1.97 bits per heavy atom. The number of aryl methyl sites for hydroxylation is 1. The molecule has 7 nitrogen and oxygen atoms in total. The fourth-order valence-corrected chi connectivity index (χ4v) is 5.91. The predicted molar refractivity (Wildman–Crippen MR) is 117 cm³/mol. The lowest BCUT2D eigenvalue weighted by Crippen LogP contribution is -2.43. The Labute approximate surface area is 183 Å². The van der Waals surface area contributed by atoms with Gasteiger partial charge >= 0.3 is 0 Å². The summed E-state index contributed by atoms with van der Waals surface area (Å²) in [6, 6.07) is 13.0. The maximum Gasteiger partial charge on any atom is 0.244 e. The van der Waals surface area contributed by atoms with E-state index >= 15 is 0 Å². The van der Waals surface area contributed by atoms with Gasteiger partial charge in [0, 0.05) is 17.1 Å². The van der Waals surface area contributed by atoms with E-state index in [9.17, 15) is 13.2 Å². The van der Waals surface area contributed by atoms with Crippen LogP contribution in [0.2, 0.25) is 5.02 Å². The van der Waals surface area contributed by atoms with Gasteiger partial charge in [0.05, 0.1) is 4.90 Å². The highest BCUT2D eigenvalue weighted by Gasteiger charge is 2.39. The normalized spacial score (nSPS) is 17.2. The number of carbonyl (C=O) groups excluding carboxylic acids is 1. The Kier molecular flexibility index (Phi) is 5.88. The summed E-state index contributed by atoms with van der Waals surface area (Å²) in [4.78, 5) is 13.0. The third-order valence-corrected chi connectivity index (χ3v) is 7.91. The first kappa shape index (κ1) is 20.9. The number of nitrogens with zero attached hydrogens (tertiary/aromatic N) is 3. The van der Waals surface area contributed by atoms with Gasteiger partial charge in [-0.25, -0.2) is 8.42 Å². The zero-order chi connectivity index (χ0) is 21.3. The fourth-order valence-electron chi connectivity index (χ4n) is 3.39. The molecule has 0 radical (unpaired) electrons. The van der Waals surface area contributed by atoms with Crippen molar-refractivity contribution in [3.8, 4) is 10.6 Å². The van der Waals surface area contributed by atoms with Crippen LogP contribution in [0.4, 0.5) is 5.13 Å². The second-order valence-electron chi connectivity index (χ2n) is 7.00. The first-order valence-electron chi connectivity index (χ1n) is 9.33. The molecule has 0 bridgehead atoms. The molecule has 1 aromatic heterocycles. The van der Waals surface area contributed by atoms with Gasteiger partial charge in [-0.15, -0.1) is 10.2 Å². The molecule has 0 aliphatic carbocycles. The number of hydrogen-bond acceptors (Lipinski definition) is 6. The average molecular weight is 463 g/mol. The topological polar surface area (TPSA) is 92.3 Å². The molecule has 1 amide bonds. The molecule has 10 heteroatoms. The molecule has 156 valence electrons. The van der Waals surface area contributed by atoms with Crippen molar-refractivity contribution in [2.24, 2.45) is 0 Å². The molecule has 0 saturated carbocycles. The molecule has 30 heavy (non-hydrogen) atoms. The number of carbonyl (C=O) groups is 1. The summed E-state index contributed by atoms with van der Waals surface area (Å²) in [6.45, 7) is 2.27. The van der Waals surface area contributed by atoms with Gasteiger partial charge in [0.15, 0.2) is 0 Å². The van der Waals surface area contributed by atoms with Crippen molar-refractivity contribution >= 4 is 44.0 Å². The van der Waals surface area contributed by atoms with E-state index in [0.717, 1.165) is 11.1 Å². The van der Waals surface area contributed by atoms with E-state index in [1.54, 1.807) is 0 Å². The minimum absolute atomic E-state index is 0.115. The first-order valence-corrected chi connectivity index (χ1v) is 12.0. The Hall–Kier alpha value is -2.33.